The van der Waals surface area contributed by atoms with E-state index in [2.05, 4.69) is 36.9 Å². The van der Waals surface area contributed by atoms with Crippen LogP contribution in [0.1, 0.15) is 44.3 Å². The Labute approximate surface area is 162 Å². The van der Waals surface area contributed by atoms with Crippen LogP contribution in [0.3, 0.4) is 0 Å². The van der Waals surface area contributed by atoms with Crippen LogP contribution in [0.15, 0.2) is 24.3 Å². The van der Waals surface area contributed by atoms with Gasteiger partial charge in [0.1, 0.15) is 5.82 Å². The van der Waals surface area contributed by atoms with E-state index in [9.17, 15) is 4.79 Å². The molecule has 1 aromatic heterocycles. The molecule has 1 amide bonds. The third-order valence-corrected chi connectivity index (χ3v) is 7.87. The van der Waals surface area contributed by atoms with Crippen molar-refractivity contribution < 1.29 is 4.79 Å². The predicted octanol–water partition coefficient (Wildman–Crippen LogP) is 4.19. The Morgan fingerprint density at radius 1 is 1.27 bits per heavy atom. The van der Waals surface area contributed by atoms with Crippen molar-refractivity contribution in [2.24, 2.45) is 17.3 Å². The molecule has 2 unspecified atom stereocenters. The fourth-order valence-corrected chi connectivity index (χ4v) is 7.82. The Bertz CT molecular complexity index is 859. The number of para-hydroxylation sites is 2. The number of benzene rings is 1. The van der Waals surface area contributed by atoms with Gasteiger partial charge in [-0.1, -0.05) is 28.1 Å². The summed E-state index contributed by atoms with van der Waals surface area (Å²) in [5.74, 6) is 2.77. The van der Waals surface area contributed by atoms with Gasteiger partial charge in [-0.05, 0) is 69.4 Å². The number of amides is 1. The molecule has 138 valence electrons. The molecule has 4 fully saturated rings. The Hall–Kier alpha value is -1.36. The zero-order valence-corrected chi connectivity index (χ0v) is 16.9. The number of nitrogens with zero attached hydrogens (tertiary/aromatic N) is 2. The molecule has 4 aliphatic rings. The first-order valence-corrected chi connectivity index (χ1v) is 10.6. The summed E-state index contributed by atoms with van der Waals surface area (Å²) in [6.07, 6.45) is 7.07. The summed E-state index contributed by atoms with van der Waals surface area (Å²) in [4.78, 5) is 17.8. The van der Waals surface area contributed by atoms with Gasteiger partial charge in [-0.15, -0.1) is 0 Å². The lowest BCUT2D eigenvalue weighted by Gasteiger charge is -2.59. The summed E-state index contributed by atoms with van der Waals surface area (Å²) in [6, 6.07) is 8.21. The highest BCUT2D eigenvalue weighted by Gasteiger charge is 2.59. The van der Waals surface area contributed by atoms with Crippen molar-refractivity contribution >= 4 is 32.9 Å². The molecule has 1 heterocycles. The van der Waals surface area contributed by atoms with E-state index in [4.69, 9.17) is 0 Å². The molecular formula is C21H26BrN3O. The highest BCUT2D eigenvalue weighted by molar-refractivity contribution is 9.10. The minimum Gasteiger partial charge on any atom is -0.354 e. The molecule has 0 spiro atoms. The minimum atomic E-state index is -0.125. The van der Waals surface area contributed by atoms with Crippen LogP contribution in [0.4, 0.5) is 0 Å². The number of nitrogens with one attached hydrogen (secondary N) is 1. The number of halogens is 1. The summed E-state index contributed by atoms with van der Waals surface area (Å²) in [5, 5.41) is 3.28. The molecule has 2 atom stereocenters. The van der Waals surface area contributed by atoms with Gasteiger partial charge in [-0.3, -0.25) is 4.79 Å². The van der Waals surface area contributed by atoms with E-state index in [0.29, 0.717) is 6.54 Å². The second-order valence-corrected chi connectivity index (χ2v) is 10.6. The van der Waals surface area contributed by atoms with Gasteiger partial charge in [0.15, 0.2) is 0 Å². The molecule has 4 nitrogen and oxygen atoms in total. The number of hydrogen-bond donors (Lipinski definition) is 1. The van der Waals surface area contributed by atoms with Gasteiger partial charge in [0.05, 0.1) is 16.4 Å². The summed E-state index contributed by atoms with van der Waals surface area (Å²) in [5.41, 5.74) is 2.05. The van der Waals surface area contributed by atoms with Crippen molar-refractivity contribution in [3.05, 3.63) is 30.1 Å². The van der Waals surface area contributed by atoms with Crippen LogP contribution in [0.25, 0.3) is 11.0 Å². The minimum absolute atomic E-state index is 0.125. The molecule has 1 aromatic carbocycles. The number of aryl methyl sites for hydroxylation is 1. The molecule has 4 aliphatic carbocycles. The summed E-state index contributed by atoms with van der Waals surface area (Å²) in [7, 11) is 0. The maximum atomic E-state index is 13.2. The number of aromatic nitrogens is 2. The first-order valence-electron chi connectivity index (χ1n) is 9.86. The zero-order chi connectivity index (χ0) is 17.9. The van der Waals surface area contributed by atoms with E-state index >= 15 is 0 Å². The maximum Gasteiger partial charge on any atom is 0.226 e. The summed E-state index contributed by atoms with van der Waals surface area (Å²) >= 11 is 4.00. The number of carbonyl (C=O) groups excluding carboxylic acids is 1. The van der Waals surface area contributed by atoms with E-state index in [-0.39, 0.29) is 15.6 Å². The molecule has 5 heteroatoms. The molecule has 4 saturated carbocycles. The van der Waals surface area contributed by atoms with Gasteiger partial charge >= 0.3 is 0 Å². The van der Waals surface area contributed by atoms with Crippen LogP contribution in [-0.2, 0) is 11.3 Å². The van der Waals surface area contributed by atoms with Crippen molar-refractivity contribution in [1.29, 1.82) is 0 Å². The smallest absolute Gasteiger partial charge is 0.226 e. The summed E-state index contributed by atoms with van der Waals surface area (Å²) < 4.78 is 2.44. The van der Waals surface area contributed by atoms with E-state index < -0.39 is 0 Å². The number of carbonyl (C=O) groups is 1. The first kappa shape index (κ1) is 16.8. The first-order chi connectivity index (χ1) is 12.5. The monoisotopic (exact) mass is 415 g/mol. The predicted molar refractivity (Wildman–Crippen MR) is 106 cm³/mol. The average Bonchev–Trinajstić information content (AvgIpc) is 2.88. The van der Waals surface area contributed by atoms with Crippen LogP contribution in [0, 0.1) is 24.2 Å². The second-order valence-electron chi connectivity index (χ2n) is 8.95. The van der Waals surface area contributed by atoms with Gasteiger partial charge < -0.3 is 9.88 Å². The van der Waals surface area contributed by atoms with E-state index in [1.165, 1.54) is 19.3 Å². The van der Waals surface area contributed by atoms with E-state index in [0.717, 1.165) is 54.5 Å². The average molecular weight is 416 g/mol. The number of alkyl halides is 1. The molecule has 0 radical (unpaired) electrons. The number of imidazole rings is 1. The third-order valence-electron chi connectivity index (χ3n) is 6.94. The Morgan fingerprint density at radius 2 is 2.00 bits per heavy atom. The van der Waals surface area contributed by atoms with Gasteiger partial charge in [0.2, 0.25) is 5.91 Å². The zero-order valence-electron chi connectivity index (χ0n) is 15.3. The Kier molecular flexibility index (Phi) is 3.76. The molecule has 0 aliphatic heterocycles. The standard InChI is InChI=1S/C21H26BrN3O/c1-14-24-17-4-2-3-5-18(17)25(14)7-6-23-19(26)20-9-15-8-16(10-20)12-21(22,11-15)13-20/h2-5,15-16H,6-13H2,1H3,(H,23,26). The molecule has 0 saturated heterocycles. The number of rotatable bonds is 4. The lowest BCUT2D eigenvalue weighted by Crippen LogP contribution is -2.58. The Morgan fingerprint density at radius 3 is 2.73 bits per heavy atom. The third kappa shape index (κ3) is 2.62. The van der Waals surface area contributed by atoms with Crippen LogP contribution >= 0.6 is 15.9 Å². The number of fused-ring (bicyclic) bond motifs is 1. The fraction of sp³-hybridized carbons (Fsp3) is 0.619. The van der Waals surface area contributed by atoms with Crippen molar-refractivity contribution in [1.82, 2.24) is 14.9 Å². The summed E-state index contributed by atoms with van der Waals surface area (Å²) in [6.45, 7) is 3.49. The quantitative estimate of drug-likeness (QED) is 0.760. The van der Waals surface area contributed by atoms with Crippen molar-refractivity contribution in [3.8, 4) is 0 Å². The van der Waals surface area contributed by atoms with Crippen LogP contribution in [-0.4, -0.2) is 26.3 Å². The SMILES string of the molecule is Cc1nc2ccccc2n1CCNC(=O)C12CC3CC(CC(Br)(C3)C1)C2. The molecule has 2 aromatic rings. The largest absolute Gasteiger partial charge is 0.354 e. The van der Waals surface area contributed by atoms with Crippen LogP contribution < -0.4 is 5.32 Å². The highest BCUT2D eigenvalue weighted by Crippen LogP contribution is 2.64. The van der Waals surface area contributed by atoms with Gasteiger partial charge in [0, 0.05) is 17.4 Å². The lowest BCUT2D eigenvalue weighted by molar-refractivity contribution is -0.144. The Balaban J connectivity index is 1.29. The molecule has 26 heavy (non-hydrogen) atoms. The molecule has 4 bridgehead atoms. The normalized spacial score (nSPS) is 35.2. The molecule has 6 rings (SSSR count). The highest BCUT2D eigenvalue weighted by atomic mass is 79.9. The maximum absolute atomic E-state index is 13.2. The van der Waals surface area contributed by atoms with Crippen molar-refractivity contribution in [3.63, 3.8) is 0 Å². The van der Waals surface area contributed by atoms with Crippen molar-refractivity contribution in [2.75, 3.05) is 6.54 Å². The van der Waals surface area contributed by atoms with Gasteiger partial charge in [0.25, 0.3) is 0 Å². The van der Waals surface area contributed by atoms with Crippen molar-refractivity contribution in [2.45, 2.75) is 56.3 Å². The van der Waals surface area contributed by atoms with Gasteiger partial charge in [-0.2, -0.15) is 0 Å². The van der Waals surface area contributed by atoms with Crippen LogP contribution in [0.2, 0.25) is 0 Å². The van der Waals surface area contributed by atoms with Gasteiger partial charge in [-0.25, -0.2) is 4.98 Å². The van der Waals surface area contributed by atoms with E-state index in [1.54, 1.807) is 0 Å². The van der Waals surface area contributed by atoms with Crippen LogP contribution in [0.5, 0.6) is 0 Å². The van der Waals surface area contributed by atoms with E-state index in [1.807, 2.05) is 25.1 Å². The fourth-order valence-electron chi connectivity index (χ4n) is 6.36. The molecular weight excluding hydrogens is 390 g/mol. The topological polar surface area (TPSA) is 46.9 Å². The lowest BCUT2D eigenvalue weighted by atomic mass is 9.49. The molecule has 1 N–H and O–H groups in total. The number of hydrogen-bond acceptors (Lipinski definition) is 2. The second kappa shape index (κ2) is 5.82.